The molecule has 1 aliphatic rings. The van der Waals surface area contributed by atoms with Crippen LogP contribution in [0.5, 0.6) is 0 Å². The highest BCUT2D eigenvalue weighted by Gasteiger charge is 2.29. The number of carbonyl (C=O) groups excluding carboxylic acids is 2. The van der Waals surface area contributed by atoms with Crippen LogP contribution < -0.4 is 5.32 Å². The zero-order valence-corrected chi connectivity index (χ0v) is 16.0. The van der Waals surface area contributed by atoms with Gasteiger partial charge >= 0.3 is 0 Å². The van der Waals surface area contributed by atoms with Crippen LogP contribution in [0.15, 0.2) is 6.07 Å². The van der Waals surface area contributed by atoms with Gasteiger partial charge in [0.1, 0.15) is 5.69 Å². The summed E-state index contributed by atoms with van der Waals surface area (Å²) >= 11 is 0. The van der Waals surface area contributed by atoms with E-state index in [1.54, 1.807) is 0 Å². The molecule has 25 heavy (non-hydrogen) atoms. The molecule has 6 heteroatoms. The molecule has 0 spiro atoms. The number of aryl methyl sites for hydroxylation is 2. The third-order valence-corrected chi connectivity index (χ3v) is 5.06. The first kappa shape index (κ1) is 19.5. The zero-order valence-electron chi connectivity index (χ0n) is 16.0. The van der Waals surface area contributed by atoms with Gasteiger partial charge in [0.15, 0.2) is 0 Å². The van der Waals surface area contributed by atoms with E-state index in [2.05, 4.69) is 29.0 Å². The summed E-state index contributed by atoms with van der Waals surface area (Å²) in [6.45, 7) is 12.9. The van der Waals surface area contributed by atoms with Crippen LogP contribution in [0.1, 0.15) is 48.4 Å². The van der Waals surface area contributed by atoms with Gasteiger partial charge in [0, 0.05) is 31.9 Å². The molecular formula is C19H32N4O2. The van der Waals surface area contributed by atoms with Crippen molar-refractivity contribution in [3.63, 3.8) is 0 Å². The molecule has 1 aliphatic heterocycles. The van der Waals surface area contributed by atoms with Gasteiger partial charge in [-0.2, -0.15) is 0 Å². The molecule has 2 heterocycles. The molecule has 1 fully saturated rings. The summed E-state index contributed by atoms with van der Waals surface area (Å²) in [6.07, 6.45) is 1.72. The number of rotatable bonds is 7. The predicted molar refractivity (Wildman–Crippen MR) is 99.7 cm³/mol. The first-order valence-corrected chi connectivity index (χ1v) is 9.41. The molecule has 0 aliphatic carbocycles. The Bertz CT molecular complexity index is 592. The first-order valence-electron chi connectivity index (χ1n) is 9.41. The van der Waals surface area contributed by atoms with Crippen LogP contribution in [0.4, 0.5) is 0 Å². The van der Waals surface area contributed by atoms with Crippen LogP contribution in [-0.2, 0) is 4.79 Å². The Morgan fingerprint density at radius 3 is 2.64 bits per heavy atom. The monoisotopic (exact) mass is 348 g/mol. The molecule has 1 saturated heterocycles. The van der Waals surface area contributed by atoms with E-state index in [-0.39, 0.29) is 17.7 Å². The van der Waals surface area contributed by atoms with E-state index in [1.165, 1.54) is 0 Å². The maximum Gasteiger partial charge on any atom is 0.270 e. The number of nitrogens with zero attached hydrogens (tertiary/aromatic N) is 2. The van der Waals surface area contributed by atoms with E-state index in [0.717, 1.165) is 50.3 Å². The number of H-pyrrole nitrogens is 1. The molecule has 1 atom stereocenters. The number of hydrogen-bond acceptors (Lipinski definition) is 3. The van der Waals surface area contributed by atoms with Gasteiger partial charge < -0.3 is 20.1 Å². The van der Waals surface area contributed by atoms with Crippen molar-refractivity contribution in [2.45, 2.75) is 40.5 Å². The van der Waals surface area contributed by atoms with Gasteiger partial charge in [-0.15, -0.1) is 0 Å². The lowest BCUT2D eigenvalue weighted by Crippen LogP contribution is -2.46. The number of carbonyl (C=O) groups is 2. The Kier molecular flexibility index (Phi) is 7.05. The third kappa shape index (κ3) is 5.08. The number of aromatic amines is 1. The van der Waals surface area contributed by atoms with Gasteiger partial charge in [0.05, 0.1) is 5.92 Å². The van der Waals surface area contributed by atoms with E-state index < -0.39 is 0 Å². The molecule has 1 aromatic rings. The molecule has 0 saturated carbocycles. The number of hydrogen-bond donors (Lipinski definition) is 2. The highest BCUT2D eigenvalue weighted by atomic mass is 16.2. The number of piperidine rings is 1. The van der Waals surface area contributed by atoms with E-state index in [0.29, 0.717) is 18.8 Å². The van der Waals surface area contributed by atoms with Crippen LogP contribution in [0.3, 0.4) is 0 Å². The second-order valence-corrected chi connectivity index (χ2v) is 6.92. The van der Waals surface area contributed by atoms with Crippen LogP contribution in [0.25, 0.3) is 0 Å². The Balaban J connectivity index is 1.88. The van der Waals surface area contributed by atoms with Crippen molar-refractivity contribution in [1.82, 2.24) is 20.1 Å². The summed E-state index contributed by atoms with van der Waals surface area (Å²) in [5.41, 5.74) is 2.61. The van der Waals surface area contributed by atoms with Crippen molar-refractivity contribution in [3.05, 3.63) is 23.0 Å². The lowest BCUT2D eigenvalue weighted by molar-refractivity contribution is -0.126. The molecule has 0 radical (unpaired) electrons. The average molecular weight is 348 g/mol. The van der Waals surface area contributed by atoms with Gasteiger partial charge in [0.25, 0.3) is 5.91 Å². The summed E-state index contributed by atoms with van der Waals surface area (Å²) in [7, 11) is 0. The highest BCUT2D eigenvalue weighted by molar-refractivity contribution is 5.94. The summed E-state index contributed by atoms with van der Waals surface area (Å²) < 4.78 is 0. The molecule has 0 aromatic carbocycles. The number of nitrogens with one attached hydrogen (secondary N) is 2. The Morgan fingerprint density at radius 2 is 2.04 bits per heavy atom. The van der Waals surface area contributed by atoms with E-state index in [4.69, 9.17) is 0 Å². The van der Waals surface area contributed by atoms with E-state index in [1.807, 2.05) is 24.8 Å². The summed E-state index contributed by atoms with van der Waals surface area (Å²) in [6, 6.07) is 1.98. The minimum atomic E-state index is -0.106. The van der Waals surface area contributed by atoms with Gasteiger partial charge in [-0.25, -0.2) is 0 Å². The Morgan fingerprint density at radius 1 is 1.32 bits per heavy atom. The molecular weight excluding hydrogens is 316 g/mol. The van der Waals surface area contributed by atoms with Crippen LogP contribution in [-0.4, -0.2) is 65.9 Å². The Labute approximate surface area is 151 Å². The minimum absolute atomic E-state index is 0.00578. The number of amides is 2. The Hall–Kier alpha value is -1.82. The van der Waals surface area contributed by atoms with Crippen molar-refractivity contribution >= 4 is 11.8 Å². The fraction of sp³-hybridized carbons (Fsp3) is 0.684. The fourth-order valence-electron chi connectivity index (χ4n) is 3.51. The van der Waals surface area contributed by atoms with Crippen LogP contribution in [0, 0.1) is 19.8 Å². The largest absolute Gasteiger partial charge is 0.355 e. The minimum Gasteiger partial charge on any atom is -0.355 e. The standard InChI is InChI=1S/C19H32N4O2/c1-5-22(6-2)11-9-20-18(24)16-8-7-10-23(13-16)19(25)17-14(3)12-15(4)21-17/h12,16,21H,5-11,13H2,1-4H3,(H,20,24)/t16-/m0/s1. The van der Waals surface area contributed by atoms with Gasteiger partial charge in [-0.3, -0.25) is 9.59 Å². The number of likely N-dealkylation sites (tertiary alicyclic amines) is 1. The van der Waals surface area contributed by atoms with Crippen molar-refractivity contribution < 1.29 is 9.59 Å². The molecule has 0 bridgehead atoms. The van der Waals surface area contributed by atoms with Crippen molar-refractivity contribution in [2.24, 2.45) is 5.92 Å². The van der Waals surface area contributed by atoms with Crippen molar-refractivity contribution in [2.75, 3.05) is 39.3 Å². The second kappa shape index (κ2) is 9.04. The summed E-state index contributed by atoms with van der Waals surface area (Å²) in [4.78, 5) is 32.4. The molecule has 2 N–H and O–H groups in total. The third-order valence-electron chi connectivity index (χ3n) is 5.06. The topological polar surface area (TPSA) is 68.4 Å². The zero-order chi connectivity index (χ0) is 18.4. The lowest BCUT2D eigenvalue weighted by Gasteiger charge is -2.32. The predicted octanol–water partition coefficient (Wildman–Crippen LogP) is 1.94. The highest BCUT2D eigenvalue weighted by Crippen LogP contribution is 2.20. The van der Waals surface area contributed by atoms with Crippen molar-refractivity contribution in [3.8, 4) is 0 Å². The number of aromatic nitrogens is 1. The molecule has 0 unspecified atom stereocenters. The molecule has 6 nitrogen and oxygen atoms in total. The number of likely N-dealkylation sites (N-methyl/N-ethyl adjacent to an activating group) is 1. The van der Waals surface area contributed by atoms with Crippen LogP contribution in [0.2, 0.25) is 0 Å². The second-order valence-electron chi connectivity index (χ2n) is 6.92. The van der Waals surface area contributed by atoms with E-state index >= 15 is 0 Å². The fourth-order valence-corrected chi connectivity index (χ4v) is 3.51. The van der Waals surface area contributed by atoms with E-state index in [9.17, 15) is 9.59 Å². The normalized spacial score (nSPS) is 17.8. The SMILES string of the molecule is CCN(CC)CCNC(=O)[C@H]1CCCN(C(=O)c2[nH]c(C)cc2C)C1. The summed E-state index contributed by atoms with van der Waals surface area (Å²) in [5, 5.41) is 3.04. The lowest BCUT2D eigenvalue weighted by atomic mass is 9.96. The molecule has 1 aromatic heterocycles. The molecule has 140 valence electrons. The van der Waals surface area contributed by atoms with Gasteiger partial charge in [-0.1, -0.05) is 13.8 Å². The molecule has 2 amide bonds. The van der Waals surface area contributed by atoms with Crippen molar-refractivity contribution in [1.29, 1.82) is 0 Å². The first-order chi connectivity index (χ1) is 12.0. The quantitative estimate of drug-likeness (QED) is 0.791. The summed E-state index contributed by atoms with van der Waals surface area (Å²) in [5.74, 6) is -0.0268. The maximum absolute atomic E-state index is 12.7. The van der Waals surface area contributed by atoms with Gasteiger partial charge in [-0.05, 0) is 51.4 Å². The molecule has 2 rings (SSSR count). The van der Waals surface area contributed by atoms with Crippen LogP contribution >= 0.6 is 0 Å². The average Bonchev–Trinajstić information content (AvgIpc) is 2.96. The maximum atomic E-state index is 12.7. The van der Waals surface area contributed by atoms with Gasteiger partial charge in [0.2, 0.25) is 5.91 Å². The smallest absolute Gasteiger partial charge is 0.270 e.